The summed E-state index contributed by atoms with van der Waals surface area (Å²) in [5.41, 5.74) is 4.80. The van der Waals surface area contributed by atoms with Crippen LogP contribution in [0, 0.1) is 0 Å². The standard InChI is InChI=1S/C35H38N2O4S/c1-35(2,3)41-34(38)36-24-26-12-10-15-28(22-26)29-16-11-17-30(23-29)33-25-37(42(39,40)31-18-8-5-9-19-31)21-20-32(33)27-13-6-4-7-14-27/h4-19,22-23,32-33H,20-21,24-25H2,1-3H3,(H,36,38). The lowest BCUT2D eigenvalue weighted by Gasteiger charge is -2.38. The monoisotopic (exact) mass is 582 g/mol. The van der Waals surface area contributed by atoms with Crippen LogP contribution in [0.25, 0.3) is 11.1 Å². The molecule has 2 unspecified atom stereocenters. The van der Waals surface area contributed by atoms with Gasteiger partial charge in [0.05, 0.1) is 4.90 Å². The number of amides is 1. The zero-order valence-corrected chi connectivity index (χ0v) is 25.2. The number of sulfonamides is 1. The first kappa shape index (κ1) is 29.5. The van der Waals surface area contributed by atoms with Gasteiger partial charge < -0.3 is 10.1 Å². The molecule has 42 heavy (non-hydrogen) atoms. The van der Waals surface area contributed by atoms with E-state index in [0.717, 1.165) is 28.7 Å². The molecule has 1 amide bonds. The van der Waals surface area contributed by atoms with E-state index in [1.54, 1.807) is 28.6 Å². The number of nitrogens with zero attached hydrogens (tertiary/aromatic N) is 1. The van der Waals surface area contributed by atoms with Gasteiger partial charge in [-0.25, -0.2) is 13.2 Å². The summed E-state index contributed by atoms with van der Waals surface area (Å²) in [4.78, 5) is 12.5. The van der Waals surface area contributed by atoms with E-state index in [9.17, 15) is 13.2 Å². The normalized spacial score (nSPS) is 17.9. The number of carbonyl (C=O) groups is 1. The molecule has 0 spiro atoms. The molecular formula is C35H38N2O4S. The average Bonchev–Trinajstić information content (AvgIpc) is 3.00. The first-order valence-electron chi connectivity index (χ1n) is 14.4. The van der Waals surface area contributed by atoms with Crippen molar-refractivity contribution in [2.24, 2.45) is 0 Å². The van der Waals surface area contributed by atoms with Crippen molar-refractivity contribution in [2.45, 2.75) is 56.1 Å². The molecule has 1 heterocycles. The highest BCUT2D eigenvalue weighted by Gasteiger charge is 2.37. The van der Waals surface area contributed by atoms with Crippen molar-refractivity contribution in [3.8, 4) is 11.1 Å². The second kappa shape index (κ2) is 12.5. The maximum Gasteiger partial charge on any atom is 0.407 e. The Bertz CT molecular complexity index is 1620. The summed E-state index contributed by atoms with van der Waals surface area (Å²) >= 11 is 0. The molecule has 7 heteroatoms. The van der Waals surface area contributed by atoms with E-state index in [0.29, 0.717) is 24.5 Å². The number of carbonyl (C=O) groups excluding carboxylic acids is 1. The Morgan fingerprint density at radius 1 is 0.810 bits per heavy atom. The maximum atomic E-state index is 13.6. The summed E-state index contributed by atoms with van der Waals surface area (Å²) in [6, 6.07) is 35.6. The highest BCUT2D eigenvalue weighted by Crippen LogP contribution is 2.42. The molecule has 0 saturated carbocycles. The number of alkyl carbamates (subject to hydrolysis) is 1. The van der Waals surface area contributed by atoms with E-state index in [2.05, 4.69) is 47.8 Å². The summed E-state index contributed by atoms with van der Waals surface area (Å²) < 4.78 is 34.2. The Kier molecular flexibility index (Phi) is 8.80. The smallest absolute Gasteiger partial charge is 0.407 e. The van der Waals surface area contributed by atoms with Gasteiger partial charge in [0.1, 0.15) is 5.60 Å². The first-order chi connectivity index (χ1) is 20.1. The Hall–Kier alpha value is -3.94. The van der Waals surface area contributed by atoms with E-state index >= 15 is 0 Å². The predicted molar refractivity (Wildman–Crippen MR) is 167 cm³/mol. The van der Waals surface area contributed by atoms with Crippen LogP contribution in [-0.2, 0) is 21.3 Å². The number of rotatable bonds is 7. The number of benzene rings is 4. The minimum atomic E-state index is -3.61. The lowest BCUT2D eigenvalue weighted by molar-refractivity contribution is 0.0523. The Labute approximate surface area is 249 Å². The van der Waals surface area contributed by atoms with Crippen molar-refractivity contribution < 1.29 is 17.9 Å². The summed E-state index contributed by atoms with van der Waals surface area (Å²) in [5, 5.41) is 2.83. The van der Waals surface area contributed by atoms with Gasteiger partial charge in [0.25, 0.3) is 0 Å². The second-order valence-electron chi connectivity index (χ2n) is 11.8. The van der Waals surface area contributed by atoms with Gasteiger partial charge in [-0.05, 0) is 79.1 Å². The van der Waals surface area contributed by atoms with Crippen molar-refractivity contribution in [3.05, 3.63) is 126 Å². The van der Waals surface area contributed by atoms with Crippen LogP contribution in [0.1, 0.15) is 55.7 Å². The fourth-order valence-electron chi connectivity index (χ4n) is 5.62. The molecule has 0 radical (unpaired) electrons. The lowest BCUT2D eigenvalue weighted by Crippen LogP contribution is -2.42. The molecule has 1 saturated heterocycles. The lowest BCUT2D eigenvalue weighted by atomic mass is 9.77. The van der Waals surface area contributed by atoms with E-state index in [-0.39, 0.29) is 11.8 Å². The summed E-state index contributed by atoms with van der Waals surface area (Å²) in [6.45, 7) is 6.74. The van der Waals surface area contributed by atoms with Crippen molar-refractivity contribution >= 4 is 16.1 Å². The van der Waals surface area contributed by atoms with Gasteiger partial charge in [-0.2, -0.15) is 4.31 Å². The zero-order chi connectivity index (χ0) is 29.7. The van der Waals surface area contributed by atoms with Gasteiger partial charge in [-0.15, -0.1) is 0 Å². The van der Waals surface area contributed by atoms with Gasteiger partial charge in [0.15, 0.2) is 0 Å². The average molecular weight is 583 g/mol. The Morgan fingerprint density at radius 3 is 2.12 bits per heavy atom. The maximum absolute atomic E-state index is 13.6. The van der Waals surface area contributed by atoms with Crippen LogP contribution in [0.15, 0.2) is 114 Å². The minimum absolute atomic E-state index is 0.0170. The van der Waals surface area contributed by atoms with Gasteiger partial charge in [-0.3, -0.25) is 0 Å². The van der Waals surface area contributed by atoms with Crippen molar-refractivity contribution in [2.75, 3.05) is 13.1 Å². The van der Waals surface area contributed by atoms with Crippen LogP contribution in [0.3, 0.4) is 0 Å². The van der Waals surface area contributed by atoms with Crippen molar-refractivity contribution in [1.29, 1.82) is 0 Å². The number of piperidine rings is 1. The number of hydrogen-bond donors (Lipinski definition) is 1. The number of nitrogens with one attached hydrogen (secondary N) is 1. The van der Waals surface area contributed by atoms with Crippen LogP contribution in [0.4, 0.5) is 4.79 Å². The van der Waals surface area contributed by atoms with Gasteiger partial charge in [0.2, 0.25) is 10.0 Å². The molecule has 218 valence electrons. The zero-order valence-electron chi connectivity index (χ0n) is 24.4. The molecule has 1 aliphatic heterocycles. The molecule has 1 fully saturated rings. The van der Waals surface area contributed by atoms with E-state index < -0.39 is 21.7 Å². The third-order valence-electron chi connectivity index (χ3n) is 7.60. The molecule has 0 aliphatic carbocycles. The molecule has 0 bridgehead atoms. The summed E-state index contributed by atoms with van der Waals surface area (Å²) in [6.07, 6.45) is 0.283. The molecule has 4 aromatic rings. The SMILES string of the molecule is CC(C)(C)OC(=O)NCc1cccc(-c2cccc(C3CN(S(=O)(=O)c4ccccc4)CCC3c3ccccc3)c2)c1. The molecule has 0 aromatic heterocycles. The largest absolute Gasteiger partial charge is 0.444 e. The van der Waals surface area contributed by atoms with Gasteiger partial charge in [0, 0.05) is 25.6 Å². The van der Waals surface area contributed by atoms with Crippen LogP contribution < -0.4 is 5.32 Å². The van der Waals surface area contributed by atoms with Crippen LogP contribution >= 0.6 is 0 Å². The van der Waals surface area contributed by atoms with E-state index in [1.807, 2.05) is 63.2 Å². The third kappa shape index (κ3) is 7.09. The number of hydrogen-bond acceptors (Lipinski definition) is 4. The van der Waals surface area contributed by atoms with Crippen LogP contribution in [0.2, 0.25) is 0 Å². The Morgan fingerprint density at radius 2 is 1.43 bits per heavy atom. The summed E-state index contributed by atoms with van der Waals surface area (Å²) in [7, 11) is -3.61. The number of ether oxygens (including phenoxy) is 1. The van der Waals surface area contributed by atoms with E-state index in [1.165, 1.54) is 5.56 Å². The highest BCUT2D eigenvalue weighted by molar-refractivity contribution is 7.89. The molecule has 1 aliphatic rings. The van der Waals surface area contributed by atoms with Gasteiger partial charge >= 0.3 is 6.09 Å². The fourth-order valence-corrected chi connectivity index (χ4v) is 7.12. The summed E-state index contributed by atoms with van der Waals surface area (Å²) in [5.74, 6) is 0.171. The first-order valence-corrected chi connectivity index (χ1v) is 15.8. The van der Waals surface area contributed by atoms with Gasteiger partial charge in [-0.1, -0.05) is 91.0 Å². The molecule has 1 N–H and O–H groups in total. The quantitative estimate of drug-likeness (QED) is 0.247. The van der Waals surface area contributed by atoms with E-state index in [4.69, 9.17) is 4.74 Å². The molecule has 4 aromatic carbocycles. The van der Waals surface area contributed by atoms with Crippen LogP contribution in [-0.4, -0.2) is 37.5 Å². The predicted octanol–water partition coefficient (Wildman–Crippen LogP) is 7.34. The molecule has 6 nitrogen and oxygen atoms in total. The fraction of sp³-hybridized carbons (Fsp3) is 0.286. The highest BCUT2D eigenvalue weighted by atomic mass is 32.2. The van der Waals surface area contributed by atoms with Crippen molar-refractivity contribution in [1.82, 2.24) is 9.62 Å². The molecule has 2 atom stereocenters. The molecular weight excluding hydrogens is 544 g/mol. The second-order valence-corrected chi connectivity index (χ2v) is 13.7. The minimum Gasteiger partial charge on any atom is -0.444 e. The third-order valence-corrected chi connectivity index (χ3v) is 9.47. The van der Waals surface area contributed by atoms with Crippen molar-refractivity contribution in [3.63, 3.8) is 0 Å². The molecule has 5 rings (SSSR count). The van der Waals surface area contributed by atoms with Crippen LogP contribution in [0.5, 0.6) is 0 Å². The Balaban J connectivity index is 1.42. The topological polar surface area (TPSA) is 75.7 Å².